The molecule has 1 aliphatic rings. The van der Waals surface area contributed by atoms with Gasteiger partial charge in [-0.1, -0.05) is 6.07 Å². The highest BCUT2D eigenvalue weighted by atomic mass is 32.2. The number of thioether (sulfide) groups is 1. The molecule has 0 aliphatic carbocycles. The number of hydrogen-bond acceptors (Lipinski definition) is 5. The van der Waals surface area contributed by atoms with E-state index in [1.165, 1.54) is 21.3 Å². The molecule has 154 valence electrons. The monoisotopic (exact) mass is 433 g/mol. The average Bonchev–Trinajstić information content (AvgIpc) is 3.25. The van der Waals surface area contributed by atoms with Crippen LogP contribution in [0.25, 0.3) is 0 Å². The Labute approximate surface area is 175 Å². The summed E-state index contributed by atoms with van der Waals surface area (Å²) < 4.78 is 26.9. The summed E-state index contributed by atoms with van der Waals surface area (Å²) in [6.45, 7) is 1.03. The Morgan fingerprint density at radius 3 is 2.31 bits per heavy atom. The lowest BCUT2D eigenvalue weighted by Gasteiger charge is -2.16. The van der Waals surface area contributed by atoms with Gasteiger partial charge >= 0.3 is 0 Å². The molecular formula is C20H23N3O4S2. The molecule has 7 nitrogen and oxygen atoms in total. The Morgan fingerprint density at radius 1 is 1.03 bits per heavy atom. The maximum absolute atomic E-state index is 12.7. The molecular weight excluding hydrogens is 410 g/mol. The Morgan fingerprint density at radius 2 is 1.69 bits per heavy atom. The van der Waals surface area contributed by atoms with Gasteiger partial charge in [-0.15, -0.1) is 0 Å². The third-order valence-electron chi connectivity index (χ3n) is 4.48. The summed E-state index contributed by atoms with van der Waals surface area (Å²) >= 11 is 1.10. The lowest BCUT2D eigenvalue weighted by molar-refractivity contribution is 0.102. The number of sulfonamides is 1. The van der Waals surface area contributed by atoms with E-state index in [1.54, 1.807) is 50.5 Å². The van der Waals surface area contributed by atoms with Crippen LogP contribution < -0.4 is 5.32 Å². The van der Waals surface area contributed by atoms with Crippen LogP contribution in [0.3, 0.4) is 0 Å². The van der Waals surface area contributed by atoms with Gasteiger partial charge in [-0.2, -0.15) is 4.31 Å². The molecule has 0 spiro atoms. The van der Waals surface area contributed by atoms with Crippen molar-refractivity contribution in [3.05, 3.63) is 54.1 Å². The highest BCUT2D eigenvalue weighted by Gasteiger charge is 2.27. The lowest BCUT2D eigenvalue weighted by atomic mass is 10.2. The van der Waals surface area contributed by atoms with Crippen molar-refractivity contribution in [1.29, 1.82) is 0 Å². The van der Waals surface area contributed by atoms with E-state index in [-0.39, 0.29) is 15.7 Å². The van der Waals surface area contributed by atoms with Crippen molar-refractivity contribution in [3.8, 4) is 0 Å². The van der Waals surface area contributed by atoms with Crippen LogP contribution in [0, 0.1) is 0 Å². The normalized spacial score (nSPS) is 14.6. The second kappa shape index (κ2) is 8.98. The zero-order valence-corrected chi connectivity index (χ0v) is 17.9. The van der Waals surface area contributed by atoms with E-state index < -0.39 is 15.9 Å². The Kier molecular flexibility index (Phi) is 6.61. The smallest absolute Gasteiger partial charge is 0.285 e. The number of nitrogens with one attached hydrogen (secondary N) is 1. The van der Waals surface area contributed by atoms with E-state index in [0.29, 0.717) is 18.8 Å². The molecule has 9 heteroatoms. The largest absolute Gasteiger partial charge is 0.339 e. The van der Waals surface area contributed by atoms with Gasteiger partial charge in [0, 0.05) is 43.3 Å². The van der Waals surface area contributed by atoms with E-state index in [2.05, 4.69) is 5.32 Å². The van der Waals surface area contributed by atoms with Gasteiger partial charge in [0.05, 0.1) is 4.90 Å². The van der Waals surface area contributed by atoms with Crippen LogP contribution in [0.5, 0.6) is 0 Å². The highest BCUT2D eigenvalue weighted by Crippen LogP contribution is 2.24. The number of nitrogens with zero attached hydrogens (tertiary/aromatic N) is 2. The van der Waals surface area contributed by atoms with Crippen molar-refractivity contribution >= 4 is 38.6 Å². The molecule has 1 heterocycles. The maximum atomic E-state index is 12.7. The number of rotatable bonds is 5. The van der Waals surface area contributed by atoms with Gasteiger partial charge in [0.2, 0.25) is 10.0 Å². The second-order valence-electron chi connectivity index (χ2n) is 6.88. The molecule has 0 saturated carbocycles. The van der Waals surface area contributed by atoms with Gasteiger partial charge < -0.3 is 10.2 Å². The molecule has 1 aliphatic heterocycles. The fourth-order valence-electron chi connectivity index (χ4n) is 2.88. The van der Waals surface area contributed by atoms with Crippen molar-refractivity contribution in [2.75, 3.05) is 32.5 Å². The van der Waals surface area contributed by atoms with Crippen molar-refractivity contribution in [3.63, 3.8) is 0 Å². The van der Waals surface area contributed by atoms with Gasteiger partial charge in [0.25, 0.3) is 11.1 Å². The van der Waals surface area contributed by atoms with Crippen LogP contribution >= 0.6 is 11.8 Å². The number of amides is 2. The standard InChI is InChI=1S/C20H23N3O4S2/c1-22(2)20(25)28-17-10-8-16(9-11-17)21-19(24)15-6-5-7-18(14-15)29(26,27)23-12-3-4-13-23/h5-11,14H,3-4,12-13H2,1-2H3,(H,21,24). The first-order valence-corrected chi connectivity index (χ1v) is 11.4. The Bertz CT molecular complexity index is 999. The van der Waals surface area contributed by atoms with Crippen LogP contribution in [-0.4, -0.2) is 56.0 Å². The summed E-state index contributed by atoms with van der Waals surface area (Å²) in [6.07, 6.45) is 1.71. The van der Waals surface area contributed by atoms with Crippen molar-refractivity contribution < 1.29 is 18.0 Å². The molecule has 2 aromatic carbocycles. The maximum Gasteiger partial charge on any atom is 0.285 e. The first kappa shape index (κ1) is 21.4. The summed E-state index contributed by atoms with van der Waals surface area (Å²) in [4.78, 5) is 26.7. The van der Waals surface area contributed by atoms with Gasteiger partial charge in [0.15, 0.2) is 0 Å². The first-order valence-electron chi connectivity index (χ1n) is 9.18. The Hall–Kier alpha value is -2.36. The van der Waals surface area contributed by atoms with Crippen molar-refractivity contribution in [2.45, 2.75) is 22.6 Å². The topological polar surface area (TPSA) is 86.8 Å². The fourth-order valence-corrected chi connectivity index (χ4v) is 5.10. The molecule has 1 N–H and O–H groups in total. The fraction of sp³-hybridized carbons (Fsp3) is 0.300. The van der Waals surface area contributed by atoms with E-state index >= 15 is 0 Å². The SMILES string of the molecule is CN(C)C(=O)Sc1ccc(NC(=O)c2cccc(S(=O)(=O)N3CCCC3)c2)cc1. The third kappa shape index (κ3) is 5.17. The lowest BCUT2D eigenvalue weighted by Crippen LogP contribution is -2.28. The minimum atomic E-state index is -3.58. The quantitative estimate of drug-likeness (QED) is 0.730. The van der Waals surface area contributed by atoms with Crippen LogP contribution in [0.1, 0.15) is 23.2 Å². The van der Waals surface area contributed by atoms with Gasteiger partial charge in [0.1, 0.15) is 0 Å². The van der Waals surface area contributed by atoms with E-state index in [9.17, 15) is 18.0 Å². The minimum Gasteiger partial charge on any atom is -0.339 e. The molecule has 0 bridgehead atoms. The summed E-state index contributed by atoms with van der Waals surface area (Å²) in [5, 5.41) is 2.67. The predicted octanol–water partition coefficient (Wildman–Crippen LogP) is 3.50. The zero-order valence-electron chi connectivity index (χ0n) is 16.3. The molecule has 0 atom stereocenters. The first-order chi connectivity index (χ1) is 13.8. The Balaban J connectivity index is 1.70. The number of carbonyl (C=O) groups excluding carboxylic acids is 2. The van der Waals surface area contributed by atoms with E-state index in [4.69, 9.17) is 0 Å². The molecule has 3 rings (SSSR count). The number of carbonyl (C=O) groups is 2. The van der Waals surface area contributed by atoms with Gasteiger partial charge in [-0.3, -0.25) is 9.59 Å². The number of anilines is 1. The molecule has 29 heavy (non-hydrogen) atoms. The summed E-state index contributed by atoms with van der Waals surface area (Å²) in [7, 11) is -0.212. The molecule has 0 radical (unpaired) electrons. The van der Waals surface area contributed by atoms with Crippen LogP contribution in [-0.2, 0) is 10.0 Å². The van der Waals surface area contributed by atoms with Crippen molar-refractivity contribution in [1.82, 2.24) is 9.21 Å². The number of benzene rings is 2. The molecule has 0 unspecified atom stereocenters. The average molecular weight is 434 g/mol. The van der Waals surface area contributed by atoms with Crippen molar-refractivity contribution in [2.24, 2.45) is 0 Å². The second-order valence-corrected chi connectivity index (χ2v) is 9.84. The molecule has 2 amide bonds. The zero-order chi connectivity index (χ0) is 21.0. The third-order valence-corrected chi connectivity index (χ3v) is 7.42. The van der Waals surface area contributed by atoms with E-state index in [1.807, 2.05) is 0 Å². The highest BCUT2D eigenvalue weighted by molar-refractivity contribution is 8.13. The van der Waals surface area contributed by atoms with Crippen LogP contribution in [0.4, 0.5) is 10.5 Å². The molecule has 1 fully saturated rings. The number of hydrogen-bond donors (Lipinski definition) is 1. The summed E-state index contributed by atoms with van der Waals surface area (Å²) in [5.74, 6) is -0.395. The van der Waals surface area contributed by atoms with E-state index in [0.717, 1.165) is 29.5 Å². The van der Waals surface area contributed by atoms with Crippen LogP contribution in [0.2, 0.25) is 0 Å². The predicted molar refractivity (Wildman–Crippen MR) is 114 cm³/mol. The molecule has 0 aromatic heterocycles. The minimum absolute atomic E-state index is 0.0854. The summed E-state index contributed by atoms with van der Waals surface area (Å²) in [6, 6.07) is 13.0. The van der Waals surface area contributed by atoms with Crippen LogP contribution in [0.15, 0.2) is 58.3 Å². The summed E-state index contributed by atoms with van der Waals surface area (Å²) in [5.41, 5.74) is 0.830. The molecule has 2 aromatic rings. The van der Waals surface area contributed by atoms with Gasteiger partial charge in [-0.25, -0.2) is 8.42 Å². The molecule has 1 saturated heterocycles. The van der Waals surface area contributed by atoms with Gasteiger partial charge in [-0.05, 0) is 67.1 Å².